The Labute approximate surface area is 78.3 Å². The first kappa shape index (κ1) is 10.3. The lowest BCUT2D eigenvalue weighted by Gasteiger charge is -2.49. The molecule has 0 bridgehead atoms. The number of carbonyl (C=O) groups is 1. The molecular formula is C9H17NO3. The Morgan fingerprint density at radius 3 is 2.69 bits per heavy atom. The van der Waals surface area contributed by atoms with E-state index in [0.29, 0.717) is 13.0 Å². The molecule has 0 spiro atoms. The SMILES string of the molecule is CCOC(=O)NC1CC(O)C1(C)C. The highest BCUT2D eigenvalue weighted by atomic mass is 16.5. The van der Waals surface area contributed by atoms with Gasteiger partial charge in [0, 0.05) is 11.5 Å². The second-order valence-electron chi connectivity index (χ2n) is 3.99. The number of nitrogens with one attached hydrogen (secondary N) is 1. The van der Waals surface area contributed by atoms with Crippen LogP contribution in [0.3, 0.4) is 0 Å². The van der Waals surface area contributed by atoms with Crippen molar-refractivity contribution in [2.45, 2.75) is 39.3 Å². The maximum absolute atomic E-state index is 11.0. The number of aliphatic hydroxyl groups excluding tert-OH is 1. The predicted octanol–water partition coefficient (Wildman–Crippen LogP) is 0.892. The average molecular weight is 187 g/mol. The number of ether oxygens (including phenoxy) is 1. The monoisotopic (exact) mass is 187 g/mol. The molecule has 0 aromatic rings. The Bertz CT molecular complexity index is 203. The quantitative estimate of drug-likeness (QED) is 0.675. The van der Waals surface area contributed by atoms with Crippen LogP contribution in [0.15, 0.2) is 0 Å². The Morgan fingerprint density at radius 1 is 1.69 bits per heavy atom. The average Bonchev–Trinajstić information content (AvgIpc) is 2.04. The summed E-state index contributed by atoms with van der Waals surface area (Å²) in [6.45, 7) is 6.00. The van der Waals surface area contributed by atoms with Crippen LogP contribution in [0.1, 0.15) is 27.2 Å². The summed E-state index contributed by atoms with van der Waals surface area (Å²) < 4.78 is 4.75. The second-order valence-corrected chi connectivity index (χ2v) is 3.99. The summed E-state index contributed by atoms with van der Waals surface area (Å²) >= 11 is 0. The molecule has 0 aliphatic heterocycles. The van der Waals surface area contributed by atoms with E-state index >= 15 is 0 Å². The summed E-state index contributed by atoms with van der Waals surface area (Å²) in [4.78, 5) is 11.0. The lowest BCUT2D eigenvalue weighted by Crippen LogP contribution is -2.61. The third-order valence-electron chi connectivity index (χ3n) is 2.78. The van der Waals surface area contributed by atoms with Gasteiger partial charge in [0.25, 0.3) is 0 Å². The van der Waals surface area contributed by atoms with Gasteiger partial charge < -0.3 is 15.2 Å². The number of carbonyl (C=O) groups excluding carboxylic acids is 1. The molecule has 2 atom stereocenters. The van der Waals surface area contributed by atoms with Gasteiger partial charge in [0.15, 0.2) is 0 Å². The van der Waals surface area contributed by atoms with E-state index in [2.05, 4.69) is 5.32 Å². The predicted molar refractivity (Wildman–Crippen MR) is 48.4 cm³/mol. The molecule has 13 heavy (non-hydrogen) atoms. The van der Waals surface area contributed by atoms with E-state index in [0.717, 1.165) is 0 Å². The molecule has 2 unspecified atom stereocenters. The molecule has 4 heteroatoms. The Kier molecular flexibility index (Phi) is 2.81. The minimum absolute atomic E-state index is 0.0292. The molecule has 0 aromatic carbocycles. The molecular weight excluding hydrogens is 170 g/mol. The summed E-state index contributed by atoms with van der Waals surface area (Å²) in [6.07, 6.45) is -0.0990. The molecule has 0 radical (unpaired) electrons. The number of hydrogen-bond acceptors (Lipinski definition) is 3. The molecule has 1 fully saturated rings. The molecule has 0 saturated heterocycles. The number of hydrogen-bond donors (Lipinski definition) is 2. The molecule has 76 valence electrons. The van der Waals surface area contributed by atoms with Gasteiger partial charge in [-0.25, -0.2) is 4.79 Å². The van der Waals surface area contributed by atoms with Crippen LogP contribution in [0.5, 0.6) is 0 Å². The molecule has 0 aromatic heterocycles. The van der Waals surface area contributed by atoms with Gasteiger partial charge in [-0.3, -0.25) is 0 Å². The first-order chi connectivity index (χ1) is 5.98. The summed E-state index contributed by atoms with van der Waals surface area (Å²) in [6, 6.07) is 0.0292. The summed E-state index contributed by atoms with van der Waals surface area (Å²) in [5.41, 5.74) is -0.229. The van der Waals surface area contributed by atoms with Crippen molar-refractivity contribution in [2.24, 2.45) is 5.41 Å². The van der Waals surface area contributed by atoms with Crippen molar-refractivity contribution in [3.63, 3.8) is 0 Å². The topological polar surface area (TPSA) is 58.6 Å². The van der Waals surface area contributed by atoms with Gasteiger partial charge in [-0.2, -0.15) is 0 Å². The van der Waals surface area contributed by atoms with Crippen LogP contribution in [-0.2, 0) is 4.74 Å². The van der Waals surface area contributed by atoms with Gasteiger partial charge in [-0.05, 0) is 13.3 Å². The van der Waals surface area contributed by atoms with Gasteiger partial charge in [0.2, 0.25) is 0 Å². The van der Waals surface area contributed by atoms with E-state index in [-0.39, 0.29) is 17.6 Å². The summed E-state index contributed by atoms with van der Waals surface area (Å²) in [5.74, 6) is 0. The molecule has 1 saturated carbocycles. The van der Waals surface area contributed by atoms with Gasteiger partial charge in [-0.1, -0.05) is 13.8 Å². The van der Waals surface area contributed by atoms with E-state index in [1.54, 1.807) is 6.92 Å². The highest BCUT2D eigenvalue weighted by Crippen LogP contribution is 2.40. The van der Waals surface area contributed by atoms with E-state index in [4.69, 9.17) is 4.74 Å². The molecule has 1 aliphatic carbocycles. The van der Waals surface area contributed by atoms with Gasteiger partial charge in [0.1, 0.15) is 0 Å². The van der Waals surface area contributed by atoms with Crippen LogP contribution in [-0.4, -0.2) is 30.0 Å². The lowest BCUT2D eigenvalue weighted by molar-refractivity contribution is -0.0705. The Hall–Kier alpha value is -0.770. The fourth-order valence-electron chi connectivity index (χ4n) is 1.46. The molecule has 4 nitrogen and oxygen atoms in total. The number of amides is 1. The van der Waals surface area contributed by atoms with E-state index < -0.39 is 6.09 Å². The molecule has 1 amide bonds. The van der Waals surface area contributed by atoms with Gasteiger partial charge >= 0.3 is 6.09 Å². The lowest BCUT2D eigenvalue weighted by atomic mass is 9.65. The van der Waals surface area contributed by atoms with Crippen molar-refractivity contribution in [3.8, 4) is 0 Å². The zero-order valence-electron chi connectivity index (χ0n) is 8.33. The Balaban J connectivity index is 2.36. The van der Waals surface area contributed by atoms with Crippen LogP contribution >= 0.6 is 0 Å². The van der Waals surface area contributed by atoms with Crippen molar-refractivity contribution in [2.75, 3.05) is 6.61 Å². The summed E-state index contributed by atoms with van der Waals surface area (Å²) in [7, 11) is 0. The van der Waals surface area contributed by atoms with Crippen LogP contribution in [0.4, 0.5) is 4.79 Å². The first-order valence-corrected chi connectivity index (χ1v) is 4.59. The maximum Gasteiger partial charge on any atom is 0.407 e. The first-order valence-electron chi connectivity index (χ1n) is 4.59. The third kappa shape index (κ3) is 1.94. The van der Waals surface area contributed by atoms with Crippen molar-refractivity contribution < 1.29 is 14.6 Å². The van der Waals surface area contributed by atoms with Crippen molar-refractivity contribution in [3.05, 3.63) is 0 Å². The van der Waals surface area contributed by atoms with Crippen LogP contribution < -0.4 is 5.32 Å². The maximum atomic E-state index is 11.0. The second kappa shape index (κ2) is 3.54. The largest absolute Gasteiger partial charge is 0.450 e. The van der Waals surface area contributed by atoms with E-state index in [9.17, 15) is 9.90 Å². The van der Waals surface area contributed by atoms with Gasteiger partial charge in [-0.15, -0.1) is 0 Å². The zero-order valence-corrected chi connectivity index (χ0v) is 8.33. The Morgan fingerprint density at radius 2 is 2.31 bits per heavy atom. The fourth-order valence-corrected chi connectivity index (χ4v) is 1.46. The van der Waals surface area contributed by atoms with Gasteiger partial charge in [0.05, 0.1) is 12.7 Å². The normalized spacial score (nSPS) is 30.5. The summed E-state index contributed by atoms with van der Waals surface area (Å²) in [5, 5.41) is 12.1. The fraction of sp³-hybridized carbons (Fsp3) is 0.889. The van der Waals surface area contributed by atoms with Crippen molar-refractivity contribution >= 4 is 6.09 Å². The van der Waals surface area contributed by atoms with E-state index in [1.165, 1.54) is 0 Å². The highest BCUT2D eigenvalue weighted by Gasteiger charge is 2.48. The number of alkyl carbamates (subject to hydrolysis) is 1. The molecule has 1 rings (SSSR count). The number of aliphatic hydroxyl groups is 1. The highest BCUT2D eigenvalue weighted by molar-refractivity contribution is 5.67. The zero-order chi connectivity index (χ0) is 10.1. The van der Waals surface area contributed by atoms with E-state index in [1.807, 2.05) is 13.8 Å². The van der Waals surface area contributed by atoms with Crippen LogP contribution in [0.25, 0.3) is 0 Å². The molecule has 0 heterocycles. The van der Waals surface area contributed by atoms with Crippen LogP contribution in [0, 0.1) is 5.41 Å². The minimum atomic E-state index is -0.396. The molecule has 2 N–H and O–H groups in total. The molecule has 1 aliphatic rings. The minimum Gasteiger partial charge on any atom is -0.450 e. The van der Waals surface area contributed by atoms with Crippen LogP contribution in [0.2, 0.25) is 0 Å². The standard InChI is InChI=1S/C9H17NO3/c1-4-13-8(12)10-6-5-7(11)9(6,2)3/h6-7,11H,4-5H2,1-3H3,(H,10,12). The van der Waals surface area contributed by atoms with Crippen molar-refractivity contribution in [1.82, 2.24) is 5.32 Å². The van der Waals surface area contributed by atoms with Crippen molar-refractivity contribution in [1.29, 1.82) is 0 Å². The third-order valence-corrected chi connectivity index (χ3v) is 2.78. The number of rotatable bonds is 2. The smallest absolute Gasteiger partial charge is 0.407 e.